The highest BCUT2D eigenvalue weighted by Gasteiger charge is 2.23. The van der Waals surface area contributed by atoms with Crippen molar-refractivity contribution in [2.24, 2.45) is 5.73 Å². The van der Waals surface area contributed by atoms with Crippen LogP contribution in [0.25, 0.3) is 0 Å². The van der Waals surface area contributed by atoms with E-state index in [9.17, 15) is 8.42 Å². The van der Waals surface area contributed by atoms with E-state index in [4.69, 9.17) is 5.73 Å². The summed E-state index contributed by atoms with van der Waals surface area (Å²) in [5, 5.41) is 0. The molecule has 0 fully saturated rings. The molecule has 102 valence electrons. The Bertz CT molecular complexity index is 498. The van der Waals surface area contributed by atoms with Gasteiger partial charge in [0.1, 0.15) is 0 Å². The molecular weight excluding hydrogens is 248 g/mol. The Morgan fingerprint density at radius 1 is 1.28 bits per heavy atom. The van der Waals surface area contributed by atoms with E-state index in [1.54, 1.807) is 0 Å². The molecule has 1 aromatic rings. The molecular formula is C13H22N2O2S. The predicted molar refractivity (Wildman–Crippen MR) is 76.4 cm³/mol. The number of benzene rings is 1. The van der Waals surface area contributed by atoms with Crippen LogP contribution in [-0.2, 0) is 16.4 Å². The van der Waals surface area contributed by atoms with E-state index in [0.717, 1.165) is 23.2 Å². The van der Waals surface area contributed by atoms with E-state index in [0.29, 0.717) is 6.54 Å². The van der Waals surface area contributed by atoms with Gasteiger partial charge >= 0.3 is 0 Å². The van der Waals surface area contributed by atoms with Gasteiger partial charge in [-0.3, -0.25) is 4.31 Å². The molecule has 1 aromatic carbocycles. The van der Waals surface area contributed by atoms with E-state index < -0.39 is 10.0 Å². The second kappa shape index (κ2) is 6.20. The average molecular weight is 270 g/mol. The second-order valence-corrected chi connectivity index (χ2v) is 6.22. The third-order valence-corrected chi connectivity index (χ3v) is 4.81. The molecule has 0 spiro atoms. The van der Waals surface area contributed by atoms with Crippen molar-refractivity contribution in [3.05, 3.63) is 29.3 Å². The Labute approximate surface area is 110 Å². The standard InChI is InChI=1S/C13H22N2O2S/c1-4-12-8-6-7-11(3)13(12)15(5-2)18(16,17)10-9-14/h6-8H,4-5,9-10,14H2,1-3H3. The lowest BCUT2D eigenvalue weighted by atomic mass is 10.1. The van der Waals surface area contributed by atoms with Gasteiger partial charge in [-0.1, -0.05) is 25.1 Å². The minimum absolute atomic E-state index is 0.0155. The molecule has 4 nitrogen and oxygen atoms in total. The summed E-state index contributed by atoms with van der Waals surface area (Å²) in [7, 11) is -3.32. The first-order valence-electron chi connectivity index (χ1n) is 6.26. The minimum Gasteiger partial charge on any atom is -0.329 e. The molecule has 0 amide bonds. The van der Waals surface area contributed by atoms with Crippen LogP contribution in [0.2, 0.25) is 0 Å². The lowest BCUT2D eigenvalue weighted by Gasteiger charge is -2.26. The Morgan fingerprint density at radius 3 is 2.44 bits per heavy atom. The van der Waals surface area contributed by atoms with Gasteiger partial charge in [-0.15, -0.1) is 0 Å². The summed E-state index contributed by atoms with van der Waals surface area (Å²) in [6.07, 6.45) is 0.811. The molecule has 0 saturated heterocycles. The lowest BCUT2D eigenvalue weighted by molar-refractivity contribution is 0.591. The first kappa shape index (κ1) is 15.0. The Kier molecular flexibility index (Phi) is 5.16. The van der Waals surface area contributed by atoms with Crippen LogP contribution in [-0.4, -0.2) is 27.3 Å². The number of sulfonamides is 1. The van der Waals surface area contributed by atoms with Crippen LogP contribution in [0, 0.1) is 6.92 Å². The van der Waals surface area contributed by atoms with Crippen molar-refractivity contribution in [3.63, 3.8) is 0 Å². The molecule has 0 heterocycles. The van der Waals surface area contributed by atoms with E-state index in [1.165, 1.54) is 4.31 Å². The van der Waals surface area contributed by atoms with E-state index in [1.807, 2.05) is 39.0 Å². The Balaban J connectivity index is 3.33. The van der Waals surface area contributed by atoms with Crippen LogP contribution >= 0.6 is 0 Å². The highest BCUT2D eigenvalue weighted by molar-refractivity contribution is 7.92. The van der Waals surface area contributed by atoms with Gasteiger partial charge in [0.15, 0.2) is 0 Å². The molecule has 0 radical (unpaired) electrons. The van der Waals surface area contributed by atoms with Gasteiger partial charge in [-0.2, -0.15) is 0 Å². The van der Waals surface area contributed by atoms with Crippen LogP contribution in [0.4, 0.5) is 5.69 Å². The van der Waals surface area contributed by atoms with Gasteiger partial charge in [0.25, 0.3) is 0 Å². The van der Waals surface area contributed by atoms with Crippen LogP contribution < -0.4 is 10.0 Å². The first-order chi connectivity index (χ1) is 8.47. The Hall–Kier alpha value is -1.07. The number of hydrogen-bond acceptors (Lipinski definition) is 3. The maximum Gasteiger partial charge on any atom is 0.236 e. The number of aryl methyl sites for hydroxylation is 2. The van der Waals surface area contributed by atoms with E-state index in [2.05, 4.69) is 0 Å². The molecule has 0 saturated carbocycles. The van der Waals surface area contributed by atoms with Crippen molar-refractivity contribution in [2.75, 3.05) is 23.1 Å². The SMILES string of the molecule is CCc1cccc(C)c1N(CC)S(=O)(=O)CCN. The fourth-order valence-corrected chi connectivity index (χ4v) is 3.57. The first-order valence-corrected chi connectivity index (χ1v) is 7.87. The molecule has 2 N–H and O–H groups in total. The zero-order valence-corrected chi connectivity index (χ0v) is 12.1. The van der Waals surface area contributed by atoms with E-state index >= 15 is 0 Å². The van der Waals surface area contributed by atoms with Crippen molar-refractivity contribution in [3.8, 4) is 0 Å². The summed E-state index contributed by atoms with van der Waals surface area (Å²) >= 11 is 0. The van der Waals surface area contributed by atoms with Gasteiger partial charge < -0.3 is 5.73 Å². The molecule has 1 rings (SSSR count). The summed E-state index contributed by atoms with van der Waals surface area (Å²) in [6, 6.07) is 5.87. The third-order valence-electron chi connectivity index (χ3n) is 2.95. The van der Waals surface area contributed by atoms with Gasteiger partial charge in [0, 0.05) is 13.1 Å². The average Bonchev–Trinajstić information content (AvgIpc) is 2.31. The quantitative estimate of drug-likeness (QED) is 0.855. The van der Waals surface area contributed by atoms with Crippen molar-refractivity contribution in [2.45, 2.75) is 27.2 Å². The molecule has 0 aliphatic heterocycles. The zero-order chi connectivity index (χ0) is 13.8. The number of nitrogens with two attached hydrogens (primary N) is 1. The number of para-hydroxylation sites is 1. The van der Waals surface area contributed by atoms with Crippen molar-refractivity contribution < 1.29 is 8.42 Å². The molecule has 0 aromatic heterocycles. The largest absolute Gasteiger partial charge is 0.329 e. The van der Waals surface area contributed by atoms with Crippen molar-refractivity contribution >= 4 is 15.7 Å². The fourth-order valence-electron chi connectivity index (χ4n) is 2.11. The molecule has 0 bridgehead atoms. The van der Waals surface area contributed by atoms with Gasteiger partial charge in [0.05, 0.1) is 11.4 Å². The maximum absolute atomic E-state index is 12.2. The normalized spacial score (nSPS) is 11.6. The van der Waals surface area contributed by atoms with Crippen LogP contribution in [0.15, 0.2) is 18.2 Å². The minimum atomic E-state index is -3.32. The second-order valence-electron chi connectivity index (χ2n) is 4.21. The zero-order valence-electron chi connectivity index (χ0n) is 11.3. The fraction of sp³-hybridized carbons (Fsp3) is 0.538. The number of rotatable bonds is 6. The molecule has 5 heteroatoms. The lowest BCUT2D eigenvalue weighted by Crippen LogP contribution is -2.36. The topological polar surface area (TPSA) is 63.4 Å². The van der Waals surface area contributed by atoms with Crippen molar-refractivity contribution in [1.29, 1.82) is 0 Å². The molecule has 0 unspecified atom stereocenters. The van der Waals surface area contributed by atoms with E-state index in [-0.39, 0.29) is 12.3 Å². The monoisotopic (exact) mass is 270 g/mol. The Morgan fingerprint density at radius 2 is 1.94 bits per heavy atom. The number of nitrogens with zero attached hydrogens (tertiary/aromatic N) is 1. The molecule has 0 aliphatic carbocycles. The number of hydrogen-bond donors (Lipinski definition) is 1. The summed E-state index contributed by atoms with van der Waals surface area (Å²) < 4.78 is 25.9. The number of anilines is 1. The smallest absolute Gasteiger partial charge is 0.236 e. The molecule has 18 heavy (non-hydrogen) atoms. The van der Waals surface area contributed by atoms with Crippen LogP contribution in [0.3, 0.4) is 0 Å². The highest BCUT2D eigenvalue weighted by Crippen LogP contribution is 2.28. The van der Waals surface area contributed by atoms with Gasteiger partial charge in [-0.05, 0) is 31.4 Å². The molecule has 0 atom stereocenters. The summed E-state index contributed by atoms with van der Waals surface area (Å²) in [5.74, 6) is -0.0155. The van der Waals surface area contributed by atoms with Gasteiger partial charge in [0.2, 0.25) is 10.0 Å². The maximum atomic E-state index is 12.2. The third kappa shape index (κ3) is 3.03. The van der Waals surface area contributed by atoms with Gasteiger partial charge in [-0.25, -0.2) is 8.42 Å². The highest BCUT2D eigenvalue weighted by atomic mass is 32.2. The molecule has 0 aliphatic rings. The van der Waals surface area contributed by atoms with Crippen LogP contribution in [0.5, 0.6) is 0 Å². The summed E-state index contributed by atoms with van der Waals surface area (Å²) in [4.78, 5) is 0. The van der Waals surface area contributed by atoms with Crippen LogP contribution in [0.1, 0.15) is 25.0 Å². The van der Waals surface area contributed by atoms with Crippen molar-refractivity contribution in [1.82, 2.24) is 0 Å². The summed E-state index contributed by atoms with van der Waals surface area (Å²) in [6.45, 7) is 6.39. The predicted octanol–water partition coefficient (Wildman–Crippen LogP) is 1.67. The summed E-state index contributed by atoms with van der Waals surface area (Å²) in [5.41, 5.74) is 8.24.